The molecule has 0 aliphatic carbocycles. The normalized spacial score (nSPS) is 17.6. The van der Waals surface area contributed by atoms with E-state index in [1.165, 1.54) is 18.4 Å². The number of rotatable bonds is 5. The Kier molecular flexibility index (Phi) is 8.62. The Morgan fingerprint density at radius 1 is 1.00 bits per heavy atom. The molecule has 6 nitrogen and oxygen atoms in total. The van der Waals surface area contributed by atoms with E-state index in [9.17, 15) is 0 Å². The van der Waals surface area contributed by atoms with Crippen LogP contribution in [-0.4, -0.2) is 50.8 Å². The van der Waals surface area contributed by atoms with Crippen molar-refractivity contribution < 1.29 is 9.47 Å². The van der Waals surface area contributed by atoms with Gasteiger partial charge in [-0.05, 0) is 43.6 Å². The summed E-state index contributed by atoms with van der Waals surface area (Å²) in [6, 6.07) is 17.0. The van der Waals surface area contributed by atoms with Crippen molar-refractivity contribution in [2.75, 3.05) is 45.2 Å². The highest BCUT2D eigenvalue weighted by molar-refractivity contribution is 14.0. The van der Waals surface area contributed by atoms with Gasteiger partial charge in [-0.3, -0.25) is 9.89 Å². The van der Waals surface area contributed by atoms with Gasteiger partial charge in [0.25, 0.3) is 0 Å². The zero-order valence-corrected chi connectivity index (χ0v) is 19.8. The van der Waals surface area contributed by atoms with Crippen LogP contribution in [0.4, 0.5) is 5.69 Å². The number of hydrogen-bond acceptors (Lipinski definition) is 4. The number of hydrogen-bond donors (Lipinski definition) is 2. The Morgan fingerprint density at radius 3 is 2.47 bits per heavy atom. The summed E-state index contributed by atoms with van der Waals surface area (Å²) in [6.45, 7) is 4.47. The molecule has 1 atom stereocenters. The molecule has 2 aliphatic rings. The second-order valence-corrected chi connectivity index (χ2v) is 7.46. The van der Waals surface area contributed by atoms with E-state index in [-0.39, 0.29) is 24.0 Å². The fraction of sp³-hybridized carbons (Fsp3) is 0.435. The van der Waals surface area contributed by atoms with Gasteiger partial charge >= 0.3 is 0 Å². The number of benzene rings is 2. The van der Waals surface area contributed by atoms with E-state index in [2.05, 4.69) is 50.9 Å². The maximum Gasteiger partial charge on any atom is 0.195 e. The molecule has 2 heterocycles. The first-order valence-electron chi connectivity index (χ1n) is 10.5. The van der Waals surface area contributed by atoms with Crippen molar-refractivity contribution in [2.24, 2.45) is 4.99 Å². The van der Waals surface area contributed by atoms with Crippen molar-refractivity contribution in [2.45, 2.75) is 25.3 Å². The lowest BCUT2D eigenvalue weighted by molar-refractivity contribution is 0.246. The Labute approximate surface area is 196 Å². The van der Waals surface area contributed by atoms with E-state index in [0.29, 0.717) is 19.3 Å². The Hall–Kier alpha value is -2.00. The lowest BCUT2D eigenvalue weighted by Gasteiger charge is -2.29. The maximum atomic E-state index is 5.80. The van der Waals surface area contributed by atoms with Gasteiger partial charge in [-0.15, -0.1) is 24.0 Å². The Bertz CT molecular complexity index is 825. The minimum Gasteiger partial charge on any atom is -0.490 e. The number of ether oxygens (including phenoxy) is 2. The molecule has 0 saturated carbocycles. The fourth-order valence-corrected chi connectivity index (χ4v) is 3.94. The molecule has 2 aliphatic heterocycles. The molecule has 162 valence electrons. The van der Waals surface area contributed by atoms with E-state index < -0.39 is 0 Å². The van der Waals surface area contributed by atoms with Crippen LogP contribution in [0, 0.1) is 0 Å². The third kappa shape index (κ3) is 5.78. The predicted octanol–water partition coefficient (Wildman–Crippen LogP) is 4.29. The number of anilines is 1. The lowest BCUT2D eigenvalue weighted by atomic mass is 10.1. The number of halogens is 1. The number of guanidine groups is 1. The molecular formula is C23H31IN4O2. The highest BCUT2D eigenvalue weighted by Crippen LogP contribution is 2.32. The van der Waals surface area contributed by atoms with Crippen molar-refractivity contribution in [3.05, 3.63) is 54.1 Å². The van der Waals surface area contributed by atoms with Crippen molar-refractivity contribution in [3.63, 3.8) is 0 Å². The zero-order chi connectivity index (χ0) is 19.9. The third-order valence-electron chi connectivity index (χ3n) is 5.46. The topological polar surface area (TPSA) is 58.1 Å². The number of nitrogens with one attached hydrogen (secondary N) is 2. The van der Waals surface area contributed by atoms with Crippen LogP contribution < -0.4 is 20.1 Å². The van der Waals surface area contributed by atoms with Crippen LogP contribution in [0.5, 0.6) is 11.5 Å². The molecule has 4 rings (SSSR count). The number of nitrogens with zero attached hydrogens (tertiary/aromatic N) is 2. The quantitative estimate of drug-likeness (QED) is 0.349. The molecule has 0 bridgehead atoms. The van der Waals surface area contributed by atoms with Gasteiger partial charge < -0.3 is 20.1 Å². The third-order valence-corrected chi connectivity index (χ3v) is 5.46. The summed E-state index contributed by atoms with van der Waals surface area (Å²) in [6.07, 6.45) is 3.44. The van der Waals surface area contributed by atoms with E-state index in [1.54, 1.807) is 7.05 Å². The van der Waals surface area contributed by atoms with Gasteiger partial charge in [0.2, 0.25) is 0 Å². The standard InChI is InChI=1S/C23H30N4O2.HI/c1-24-23(26-19-10-11-21-22(16-19)29-15-7-14-28-21)25-17-20(27-12-5-6-13-27)18-8-3-2-4-9-18;/h2-4,8-11,16,20H,5-7,12-15,17H2,1H3,(H2,24,25,26);1H. The van der Waals surface area contributed by atoms with E-state index >= 15 is 0 Å². The van der Waals surface area contributed by atoms with Crippen LogP contribution in [0.1, 0.15) is 30.9 Å². The molecule has 1 saturated heterocycles. The van der Waals surface area contributed by atoms with E-state index in [1.807, 2.05) is 18.2 Å². The largest absolute Gasteiger partial charge is 0.490 e. The smallest absolute Gasteiger partial charge is 0.195 e. The van der Waals surface area contributed by atoms with Crippen LogP contribution in [0.3, 0.4) is 0 Å². The summed E-state index contributed by atoms with van der Waals surface area (Å²) in [4.78, 5) is 6.97. The van der Waals surface area contributed by atoms with Gasteiger partial charge in [0.1, 0.15) is 0 Å². The van der Waals surface area contributed by atoms with Gasteiger partial charge in [0, 0.05) is 31.8 Å². The number of aliphatic imine (C=N–C) groups is 1. The number of fused-ring (bicyclic) bond motifs is 1. The summed E-state index contributed by atoms with van der Waals surface area (Å²) in [5, 5.41) is 6.89. The van der Waals surface area contributed by atoms with Crippen molar-refractivity contribution in [1.29, 1.82) is 0 Å². The maximum absolute atomic E-state index is 5.80. The van der Waals surface area contributed by atoms with Gasteiger partial charge in [0.15, 0.2) is 17.5 Å². The van der Waals surface area contributed by atoms with Crippen molar-refractivity contribution >= 4 is 35.6 Å². The monoisotopic (exact) mass is 522 g/mol. The van der Waals surface area contributed by atoms with Crippen LogP contribution in [-0.2, 0) is 0 Å². The molecule has 1 unspecified atom stereocenters. The van der Waals surface area contributed by atoms with Gasteiger partial charge in [-0.1, -0.05) is 30.3 Å². The summed E-state index contributed by atoms with van der Waals surface area (Å²) < 4.78 is 11.5. The van der Waals surface area contributed by atoms with E-state index in [4.69, 9.17) is 9.47 Å². The minimum absolute atomic E-state index is 0. The first-order valence-corrected chi connectivity index (χ1v) is 10.5. The SMILES string of the molecule is CN=C(NCC(c1ccccc1)N1CCCC1)Nc1ccc2c(c1)OCCCO2.I. The first kappa shape index (κ1) is 22.7. The summed E-state index contributed by atoms with van der Waals surface area (Å²) in [7, 11) is 1.80. The summed E-state index contributed by atoms with van der Waals surface area (Å²) in [5.74, 6) is 2.33. The number of likely N-dealkylation sites (tertiary alicyclic amines) is 1. The van der Waals surface area contributed by atoms with Crippen molar-refractivity contribution in [1.82, 2.24) is 10.2 Å². The molecule has 30 heavy (non-hydrogen) atoms. The average Bonchev–Trinajstić information content (AvgIpc) is 3.19. The highest BCUT2D eigenvalue weighted by Gasteiger charge is 2.23. The Morgan fingerprint density at radius 2 is 1.73 bits per heavy atom. The zero-order valence-electron chi connectivity index (χ0n) is 17.5. The fourth-order valence-electron chi connectivity index (χ4n) is 3.94. The van der Waals surface area contributed by atoms with Crippen LogP contribution in [0.2, 0.25) is 0 Å². The summed E-state index contributed by atoms with van der Waals surface area (Å²) >= 11 is 0. The van der Waals surface area contributed by atoms with Crippen molar-refractivity contribution in [3.8, 4) is 11.5 Å². The summed E-state index contributed by atoms with van der Waals surface area (Å²) in [5.41, 5.74) is 2.27. The highest BCUT2D eigenvalue weighted by atomic mass is 127. The predicted molar refractivity (Wildman–Crippen MR) is 132 cm³/mol. The molecule has 1 fully saturated rings. The van der Waals surface area contributed by atoms with Gasteiger partial charge in [0.05, 0.1) is 19.3 Å². The van der Waals surface area contributed by atoms with E-state index in [0.717, 1.165) is 49.2 Å². The first-order chi connectivity index (χ1) is 14.3. The average molecular weight is 522 g/mol. The second-order valence-electron chi connectivity index (χ2n) is 7.46. The van der Waals surface area contributed by atoms with Crippen LogP contribution in [0.25, 0.3) is 0 Å². The molecular weight excluding hydrogens is 491 g/mol. The molecule has 0 radical (unpaired) electrons. The molecule has 0 spiro atoms. The molecule has 0 aromatic heterocycles. The lowest BCUT2D eigenvalue weighted by Crippen LogP contribution is -2.39. The van der Waals surface area contributed by atoms with Crippen LogP contribution >= 0.6 is 24.0 Å². The van der Waals surface area contributed by atoms with Crippen LogP contribution in [0.15, 0.2) is 53.5 Å². The second kappa shape index (κ2) is 11.4. The molecule has 0 amide bonds. The van der Waals surface area contributed by atoms with Gasteiger partial charge in [-0.25, -0.2) is 0 Å². The molecule has 7 heteroatoms. The molecule has 2 aromatic carbocycles. The molecule has 2 N–H and O–H groups in total. The Balaban J connectivity index is 0.00000256. The minimum atomic E-state index is 0. The molecule has 2 aromatic rings. The van der Waals surface area contributed by atoms with Gasteiger partial charge in [-0.2, -0.15) is 0 Å².